The van der Waals surface area contributed by atoms with Crippen LogP contribution in [0.25, 0.3) is 66.4 Å². The number of benzene rings is 6. The quantitative estimate of drug-likeness (QED) is 0.118. The molecule has 0 aliphatic carbocycles. The monoisotopic (exact) mass is 1010 g/mol. The van der Waals surface area contributed by atoms with Crippen LogP contribution in [0.3, 0.4) is 0 Å². The SMILES string of the molecule is CC(C)(c1ccccc1)c1ccc2c(c1)oc1c(-c3cc[c]([Ge]([CH3])([CH3])[CH3])cn3)[c-]ccc12.[2H]C([2H])(c1ccccc1)c1ccnc(-c2[c-]cc3oc4ccccc4c3c2)c1.[Ir]. The van der Waals surface area contributed by atoms with E-state index in [0.29, 0.717) is 16.8 Å². The van der Waals surface area contributed by atoms with Crippen molar-refractivity contribution in [1.82, 2.24) is 9.97 Å². The summed E-state index contributed by atoms with van der Waals surface area (Å²) in [5.41, 5.74) is 10.3. The summed E-state index contributed by atoms with van der Waals surface area (Å²) < 4.78 is 30.9. The number of hydrogen-bond donors (Lipinski definition) is 0. The van der Waals surface area contributed by atoms with E-state index in [1.165, 1.54) is 15.5 Å². The number of nitrogens with zero attached hydrogens (tertiary/aromatic N) is 2. The van der Waals surface area contributed by atoms with Crippen LogP contribution in [-0.2, 0) is 31.9 Å². The molecule has 4 nitrogen and oxygen atoms in total. The minimum absolute atomic E-state index is 0. The van der Waals surface area contributed by atoms with Gasteiger partial charge >= 0.3 is 163 Å². The molecule has 0 unspecified atom stereocenters. The van der Waals surface area contributed by atoms with Gasteiger partial charge in [-0.05, 0) is 35.3 Å². The van der Waals surface area contributed by atoms with Gasteiger partial charge in [0.05, 0.1) is 5.58 Å². The number of rotatable bonds is 7. The third-order valence-corrected chi connectivity index (χ3v) is 15.2. The van der Waals surface area contributed by atoms with E-state index >= 15 is 0 Å². The molecule has 0 amide bonds. The van der Waals surface area contributed by atoms with Crippen molar-refractivity contribution in [3.63, 3.8) is 0 Å². The Morgan fingerprint density at radius 3 is 2.12 bits per heavy atom. The van der Waals surface area contributed by atoms with Crippen LogP contribution in [0, 0.1) is 12.1 Å². The maximum Gasteiger partial charge on any atom is 0.120 e. The summed E-state index contributed by atoms with van der Waals surface area (Å²) in [4.78, 5) is 9.25. The van der Waals surface area contributed by atoms with Gasteiger partial charge in [-0.2, -0.15) is 0 Å². The summed E-state index contributed by atoms with van der Waals surface area (Å²) in [6.07, 6.45) is 2.09. The molecule has 6 aromatic carbocycles. The van der Waals surface area contributed by atoms with Crippen LogP contribution in [0.5, 0.6) is 0 Å². The molecular weight excluding hydrogens is 961 g/mol. The maximum absolute atomic E-state index is 8.60. The minimum Gasteiger partial charge on any atom is -0.500 e. The number of pyridine rings is 2. The standard InChI is InChI=1S/C29H28GeNO.C24H16NO.Ir/c1-29(2,20-10-7-6-8-11-20)21-14-16-23-24-12-9-13-25(28(24)32-27(23)18-21)26-17-15-22(19-31-26)30(3,4)5;1-2-6-17(7-3-1)14-18-12-13-25-22(15-18)19-10-11-24-21(16-19)20-8-4-5-9-23(20)26-24;/h6-12,14-19H,1-5H3;1-9,11-13,15-16H,14H2;/q2*-1;/i;14D2;. The summed E-state index contributed by atoms with van der Waals surface area (Å²) in [5, 5.41) is 4.28. The van der Waals surface area contributed by atoms with Gasteiger partial charge in [0.25, 0.3) is 0 Å². The van der Waals surface area contributed by atoms with Crippen molar-refractivity contribution < 1.29 is 31.7 Å². The molecule has 0 fully saturated rings. The average Bonchev–Trinajstić information content (AvgIpc) is 3.85. The van der Waals surface area contributed by atoms with E-state index in [1.54, 1.807) is 30.5 Å². The van der Waals surface area contributed by atoms with Crippen LogP contribution in [0.15, 0.2) is 173 Å². The van der Waals surface area contributed by atoms with Crippen LogP contribution in [-0.4, -0.2) is 23.2 Å². The molecule has 6 heteroatoms. The number of para-hydroxylation sites is 1. The number of fused-ring (bicyclic) bond motifs is 6. The normalized spacial score (nSPS) is 12.5. The Morgan fingerprint density at radius 1 is 0.610 bits per heavy atom. The van der Waals surface area contributed by atoms with Crippen LogP contribution in [0.1, 0.15) is 38.8 Å². The predicted octanol–water partition coefficient (Wildman–Crippen LogP) is 13.4. The fourth-order valence-corrected chi connectivity index (χ4v) is 9.66. The zero-order chi connectivity index (χ0) is 41.6. The molecule has 10 rings (SSSR count). The number of hydrogen-bond acceptors (Lipinski definition) is 4. The first-order valence-electron chi connectivity index (χ1n) is 20.6. The third kappa shape index (κ3) is 8.21. The predicted molar refractivity (Wildman–Crippen MR) is 242 cm³/mol. The smallest absolute Gasteiger partial charge is 0.120 e. The summed E-state index contributed by atoms with van der Waals surface area (Å²) in [6.45, 7) is 4.52. The zero-order valence-electron chi connectivity index (χ0n) is 35.6. The maximum atomic E-state index is 8.60. The second kappa shape index (κ2) is 16.6. The van der Waals surface area contributed by atoms with Crippen molar-refractivity contribution in [2.45, 2.75) is 42.9 Å². The molecule has 293 valence electrons. The van der Waals surface area contributed by atoms with E-state index in [1.807, 2.05) is 66.9 Å². The second-order valence-corrected chi connectivity index (χ2v) is 26.9. The van der Waals surface area contributed by atoms with Crippen LogP contribution < -0.4 is 4.40 Å². The Morgan fingerprint density at radius 2 is 1.36 bits per heavy atom. The van der Waals surface area contributed by atoms with Crippen LogP contribution in [0.4, 0.5) is 0 Å². The van der Waals surface area contributed by atoms with E-state index < -0.39 is 19.6 Å². The first-order chi connectivity index (χ1) is 28.9. The Labute approximate surface area is 364 Å². The summed E-state index contributed by atoms with van der Waals surface area (Å²) in [5.74, 6) is 7.16. The van der Waals surface area contributed by atoms with E-state index in [0.717, 1.165) is 60.7 Å². The molecule has 1 radical (unpaired) electrons. The van der Waals surface area contributed by atoms with Crippen molar-refractivity contribution in [2.24, 2.45) is 0 Å². The number of aromatic nitrogens is 2. The Hall–Kier alpha value is -5.59. The molecule has 0 aliphatic rings. The number of furan rings is 2. The first kappa shape index (κ1) is 37.7. The molecule has 10 aromatic rings. The Kier molecular flexibility index (Phi) is 10.6. The van der Waals surface area contributed by atoms with Crippen molar-refractivity contribution >= 4 is 61.5 Å². The Balaban J connectivity index is 0.000000167. The molecule has 0 atom stereocenters. The van der Waals surface area contributed by atoms with E-state index in [-0.39, 0.29) is 25.5 Å². The molecule has 0 aliphatic heterocycles. The van der Waals surface area contributed by atoms with Gasteiger partial charge in [0.15, 0.2) is 0 Å². The van der Waals surface area contributed by atoms with Gasteiger partial charge in [-0.3, -0.25) is 0 Å². The summed E-state index contributed by atoms with van der Waals surface area (Å²) >= 11 is -1.90. The Bertz CT molecular complexity index is 3140. The third-order valence-electron chi connectivity index (χ3n) is 10.9. The van der Waals surface area contributed by atoms with Gasteiger partial charge in [-0.25, -0.2) is 0 Å². The van der Waals surface area contributed by atoms with Gasteiger partial charge in [-0.15, -0.1) is 23.8 Å². The molecule has 0 spiro atoms. The first-order valence-corrected chi connectivity index (χ1v) is 27.0. The van der Waals surface area contributed by atoms with Crippen LogP contribution in [0.2, 0.25) is 17.3 Å². The van der Waals surface area contributed by atoms with Crippen LogP contribution >= 0.6 is 0 Å². The summed E-state index contributed by atoms with van der Waals surface area (Å²) in [7, 11) is 0. The van der Waals surface area contributed by atoms with Crippen molar-refractivity contribution in [3.05, 3.63) is 198 Å². The molecule has 59 heavy (non-hydrogen) atoms. The summed E-state index contributed by atoms with van der Waals surface area (Å²) in [6, 6.07) is 56.7. The van der Waals surface area contributed by atoms with Crippen molar-refractivity contribution in [1.29, 1.82) is 0 Å². The van der Waals surface area contributed by atoms with E-state index in [2.05, 4.69) is 115 Å². The molecule has 0 saturated carbocycles. The zero-order valence-corrected chi connectivity index (χ0v) is 38.1. The molecule has 0 bridgehead atoms. The molecule has 4 heterocycles. The minimum atomic E-state index is -1.90. The molecule has 0 saturated heterocycles. The van der Waals surface area contributed by atoms with E-state index in [9.17, 15) is 0 Å². The molecule has 0 N–H and O–H groups in total. The van der Waals surface area contributed by atoms with Gasteiger partial charge in [0, 0.05) is 34.4 Å². The van der Waals surface area contributed by atoms with E-state index in [4.69, 9.17) is 16.6 Å². The van der Waals surface area contributed by atoms with Gasteiger partial charge in [0.1, 0.15) is 5.58 Å². The van der Waals surface area contributed by atoms with Crippen molar-refractivity contribution in [3.8, 4) is 22.5 Å². The topological polar surface area (TPSA) is 52.1 Å². The largest absolute Gasteiger partial charge is 0.500 e. The van der Waals surface area contributed by atoms with Gasteiger partial charge in [-0.1, -0.05) is 90.3 Å². The van der Waals surface area contributed by atoms with Crippen molar-refractivity contribution in [2.75, 3.05) is 0 Å². The second-order valence-electron chi connectivity index (χ2n) is 16.2. The fraction of sp³-hybridized carbons (Fsp3) is 0.132. The molecular formula is C53H44GeIrN2O2-2. The molecule has 4 aromatic heterocycles. The van der Waals surface area contributed by atoms with Gasteiger partial charge in [0.2, 0.25) is 0 Å². The van der Waals surface area contributed by atoms with Gasteiger partial charge < -0.3 is 9.40 Å². The average molecular weight is 1010 g/mol. The fourth-order valence-electron chi connectivity index (χ4n) is 7.49.